The molecule has 1 atom stereocenters. The summed E-state index contributed by atoms with van der Waals surface area (Å²) < 4.78 is 13.9. The van der Waals surface area contributed by atoms with Crippen LogP contribution in [0.2, 0.25) is 0 Å². The highest BCUT2D eigenvalue weighted by Gasteiger charge is 2.35. The summed E-state index contributed by atoms with van der Waals surface area (Å²) in [5.41, 5.74) is 1.54. The van der Waals surface area contributed by atoms with Crippen LogP contribution in [0, 0.1) is 11.7 Å². The van der Waals surface area contributed by atoms with Crippen LogP contribution in [0.25, 0.3) is 0 Å². The molecular formula is C18H19FN2O2S2. The second-order valence-electron chi connectivity index (χ2n) is 5.83. The van der Waals surface area contributed by atoms with Crippen molar-refractivity contribution in [3.63, 3.8) is 0 Å². The molecule has 1 aliphatic rings. The number of halogens is 1. The molecule has 2 amide bonds. The van der Waals surface area contributed by atoms with Crippen molar-refractivity contribution >= 4 is 40.6 Å². The number of thioether (sulfide) groups is 1. The monoisotopic (exact) mass is 378 g/mol. The van der Waals surface area contributed by atoms with Gasteiger partial charge in [0.1, 0.15) is 5.82 Å². The van der Waals surface area contributed by atoms with Gasteiger partial charge in [0.15, 0.2) is 0 Å². The SMILES string of the molecule is O=C(NCCSCc1ccsc1)[C@H]1CC(=O)N(c2ccccc2F)C1. The number of hydrogen-bond acceptors (Lipinski definition) is 4. The highest BCUT2D eigenvalue weighted by molar-refractivity contribution is 7.98. The van der Waals surface area contributed by atoms with Crippen molar-refractivity contribution in [2.24, 2.45) is 5.92 Å². The molecule has 3 rings (SSSR count). The van der Waals surface area contributed by atoms with E-state index in [1.54, 1.807) is 41.3 Å². The van der Waals surface area contributed by atoms with Gasteiger partial charge in [-0.05, 0) is 34.5 Å². The lowest BCUT2D eigenvalue weighted by Crippen LogP contribution is -2.34. The topological polar surface area (TPSA) is 49.4 Å². The van der Waals surface area contributed by atoms with Gasteiger partial charge < -0.3 is 10.2 Å². The fraction of sp³-hybridized carbons (Fsp3) is 0.333. The Kier molecular flexibility index (Phi) is 6.09. The summed E-state index contributed by atoms with van der Waals surface area (Å²) in [6.07, 6.45) is 0.127. The summed E-state index contributed by atoms with van der Waals surface area (Å²) in [4.78, 5) is 25.7. The van der Waals surface area contributed by atoms with Crippen LogP contribution < -0.4 is 10.2 Å². The van der Waals surface area contributed by atoms with Crippen LogP contribution in [0.5, 0.6) is 0 Å². The van der Waals surface area contributed by atoms with Crippen molar-refractivity contribution < 1.29 is 14.0 Å². The second kappa shape index (κ2) is 8.49. The standard InChI is InChI=1S/C18H19FN2O2S2/c19-15-3-1-2-4-16(15)21-10-14(9-17(21)22)18(23)20-6-8-25-12-13-5-7-24-11-13/h1-5,7,11,14H,6,8-10,12H2,(H,20,23)/t14-/m0/s1. The van der Waals surface area contributed by atoms with Gasteiger partial charge in [-0.15, -0.1) is 0 Å². The van der Waals surface area contributed by atoms with E-state index in [0.717, 1.165) is 11.5 Å². The number of nitrogens with one attached hydrogen (secondary N) is 1. The van der Waals surface area contributed by atoms with Gasteiger partial charge in [0.25, 0.3) is 0 Å². The molecule has 1 saturated heterocycles. The van der Waals surface area contributed by atoms with Crippen molar-refractivity contribution in [1.29, 1.82) is 0 Å². The quantitative estimate of drug-likeness (QED) is 0.752. The van der Waals surface area contributed by atoms with Gasteiger partial charge in [-0.25, -0.2) is 4.39 Å². The number of nitrogens with zero attached hydrogens (tertiary/aromatic N) is 1. The molecule has 0 aliphatic carbocycles. The molecule has 132 valence electrons. The van der Waals surface area contributed by atoms with Gasteiger partial charge in [0.05, 0.1) is 11.6 Å². The largest absolute Gasteiger partial charge is 0.355 e. The fourth-order valence-corrected chi connectivity index (χ4v) is 4.32. The number of carbonyl (C=O) groups is 2. The maximum atomic E-state index is 13.9. The Bertz CT molecular complexity index is 736. The second-order valence-corrected chi connectivity index (χ2v) is 7.72. The van der Waals surface area contributed by atoms with E-state index >= 15 is 0 Å². The zero-order chi connectivity index (χ0) is 17.6. The predicted octanol–water partition coefficient (Wildman–Crippen LogP) is 3.29. The van der Waals surface area contributed by atoms with Crippen LogP contribution in [0.3, 0.4) is 0 Å². The first-order valence-electron chi connectivity index (χ1n) is 8.06. The molecule has 1 N–H and O–H groups in total. The van der Waals surface area contributed by atoms with Crippen LogP contribution in [0.1, 0.15) is 12.0 Å². The average Bonchev–Trinajstić information content (AvgIpc) is 3.25. The maximum absolute atomic E-state index is 13.9. The van der Waals surface area contributed by atoms with Gasteiger partial charge in [-0.2, -0.15) is 23.1 Å². The van der Waals surface area contributed by atoms with Gasteiger partial charge in [0.2, 0.25) is 11.8 Å². The molecule has 1 aliphatic heterocycles. The van der Waals surface area contributed by atoms with E-state index in [1.165, 1.54) is 16.5 Å². The Hall–Kier alpha value is -1.86. The number of thiophene rings is 1. The first-order chi connectivity index (χ1) is 12.1. The summed E-state index contributed by atoms with van der Waals surface area (Å²) in [5.74, 6) is 0.540. The van der Waals surface area contributed by atoms with Crippen molar-refractivity contribution in [1.82, 2.24) is 5.32 Å². The maximum Gasteiger partial charge on any atom is 0.227 e. The normalized spacial score (nSPS) is 17.1. The summed E-state index contributed by atoms with van der Waals surface area (Å²) in [6, 6.07) is 8.24. The lowest BCUT2D eigenvalue weighted by molar-refractivity contribution is -0.126. The van der Waals surface area contributed by atoms with Gasteiger partial charge >= 0.3 is 0 Å². The molecule has 7 heteroatoms. The summed E-state index contributed by atoms with van der Waals surface area (Å²) >= 11 is 3.44. The summed E-state index contributed by atoms with van der Waals surface area (Å²) in [6.45, 7) is 0.797. The summed E-state index contributed by atoms with van der Waals surface area (Å²) in [5, 5.41) is 7.05. The van der Waals surface area contributed by atoms with Gasteiger partial charge in [-0.1, -0.05) is 12.1 Å². The molecule has 0 unspecified atom stereocenters. The van der Waals surface area contributed by atoms with Crippen LogP contribution in [0.15, 0.2) is 41.1 Å². The smallest absolute Gasteiger partial charge is 0.227 e. The number of benzene rings is 1. The first kappa shape index (κ1) is 17.9. The number of hydrogen-bond donors (Lipinski definition) is 1. The Morgan fingerprint density at radius 2 is 2.20 bits per heavy atom. The highest BCUT2D eigenvalue weighted by Crippen LogP contribution is 2.27. The zero-order valence-electron chi connectivity index (χ0n) is 13.6. The molecule has 1 aromatic carbocycles. The Balaban J connectivity index is 1.44. The van der Waals surface area contributed by atoms with E-state index in [1.807, 2.05) is 0 Å². The third-order valence-electron chi connectivity index (χ3n) is 4.03. The van der Waals surface area contributed by atoms with E-state index in [4.69, 9.17) is 0 Å². The van der Waals surface area contributed by atoms with Crippen molar-refractivity contribution in [3.05, 3.63) is 52.5 Å². The van der Waals surface area contributed by atoms with E-state index in [2.05, 4.69) is 22.1 Å². The van der Waals surface area contributed by atoms with E-state index < -0.39 is 11.7 Å². The lowest BCUT2D eigenvalue weighted by atomic mass is 10.1. The molecule has 25 heavy (non-hydrogen) atoms. The summed E-state index contributed by atoms with van der Waals surface area (Å²) in [7, 11) is 0. The zero-order valence-corrected chi connectivity index (χ0v) is 15.2. The molecule has 0 spiro atoms. The Morgan fingerprint density at radius 1 is 1.36 bits per heavy atom. The van der Waals surface area contributed by atoms with Crippen molar-refractivity contribution in [2.75, 3.05) is 23.7 Å². The van der Waals surface area contributed by atoms with Crippen LogP contribution in [0.4, 0.5) is 10.1 Å². The number of amides is 2. The molecule has 2 heterocycles. The minimum Gasteiger partial charge on any atom is -0.355 e. The first-order valence-corrected chi connectivity index (χ1v) is 10.2. The van der Waals surface area contributed by atoms with Crippen molar-refractivity contribution in [3.8, 4) is 0 Å². The number of para-hydroxylation sites is 1. The third-order valence-corrected chi connectivity index (χ3v) is 5.80. The predicted molar refractivity (Wildman–Crippen MR) is 100 cm³/mol. The van der Waals surface area contributed by atoms with Gasteiger partial charge in [-0.3, -0.25) is 9.59 Å². The minimum atomic E-state index is -0.443. The van der Waals surface area contributed by atoms with Crippen molar-refractivity contribution in [2.45, 2.75) is 12.2 Å². The molecule has 4 nitrogen and oxygen atoms in total. The molecule has 0 saturated carbocycles. The molecule has 1 fully saturated rings. The molecule has 0 bridgehead atoms. The molecule has 2 aromatic rings. The van der Waals surface area contributed by atoms with E-state index in [-0.39, 0.29) is 30.5 Å². The van der Waals surface area contributed by atoms with E-state index in [0.29, 0.717) is 6.54 Å². The average molecular weight is 378 g/mol. The minimum absolute atomic E-state index is 0.127. The van der Waals surface area contributed by atoms with Crippen LogP contribution in [-0.2, 0) is 15.3 Å². The molecule has 0 radical (unpaired) electrons. The van der Waals surface area contributed by atoms with Crippen LogP contribution >= 0.6 is 23.1 Å². The van der Waals surface area contributed by atoms with Crippen LogP contribution in [-0.4, -0.2) is 30.7 Å². The number of rotatable bonds is 7. The molecule has 1 aromatic heterocycles. The lowest BCUT2D eigenvalue weighted by Gasteiger charge is -2.17. The fourth-order valence-electron chi connectivity index (χ4n) is 2.74. The number of anilines is 1. The Labute approximate surface area is 154 Å². The Morgan fingerprint density at radius 3 is 2.96 bits per heavy atom. The highest BCUT2D eigenvalue weighted by atomic mass is 32.2. The molecular weight excluding hydrogens is 359 g/mol. The third kappa shape index (κ3) is 4.61. The van der Waals surface area contributed by atoms with Gasteiger partial charge in [0, 0.05) is 31.0 Å². The van der Waals surface area contributed by atoms with E-state index in [9.17, 15) is 14.0 Å². The number of carbonyl (C=O) groups excluding carboxylic acids is 2.